The number of nitrogens with one attached hydrogen (secondary N) is 1. The van der Waals surface area contributed by atoms with Gasteiger partial charge < -0.3 is 5.32 Å². The Morgan fingerprint density at radius 3 is 2.35 bits per heavy atom. The summed E-state index contributed by atoms with van der Waals surface area (Å²) in [5, 5.41) is 2.85. The second kappa shape index (κ2) is 6.33. The highest BCUT2D eigenvalue weighted by molar-refractivity contribution is 5.95. The summed E-state index contributed by atoms with van der Waals surface area (Å²) in [6.45, 7) is 4.31. The fraction of sp³-hybridized carbons (Fsp3) is 0.235. The van der Waals surface area contributed by atoms with Crippen LogP contribution in [-0.2, 0) is 13.0 Å². The van der Waals surface area contributed by atoms with Crippen molar-refractivity contribution in [3.63, 3.8) is 0 Å². The van der Waals surface area contributed by atoms with Gasteiger partial charge in [-0.05, 0) is 48.2 Å². The van der Waals surface area contributed by atoms with Gasteiger partial charge in [-0.1, -0.05) is 31.2 Å². The lowest BCUT2D eigenvalue weighted by Crippen LogP contribution is -2.23. The zero-order valence-electron chi connectivity index (χ0n) is 11.7. The maximum absolute atomic E-state index is 13.0. The molecule has 0 aliphatic heterocycles. The number of aryl methyl sites for hydroxylation is 2. The molecule has 0 radical (unpaired) electrons. The van der Waals surface area contributed by atoms with E-state index in [9.17, 15) is 9.18 Å². The van der Waals surface area contributed by atoms with E-state index in [4.69, 9.17) is 0 Å². The van der Waals surface area contributed by atoms with Gasteiger partial charge in [0.05, 0.1) is 0 Å². The summed E-state index contributed by atoms with van der Waals surface area (Å²) in [7, 11) is 0. The van der Waals surface area contributed by atoms with E-state index in [-0.39, 0.29) is 11.7 Å². The fourth-order valence-corrected chi connectivity index (χ4v) is 2.05. The molecule has 0 saturated carbocycles. The van der Waals surface area contributed by atoms with Crippen LogP contribution in [0.3, 0.4) is 0 Å². The van der Waals surface area contributed by atoms with E-state index in [0.717, 1.165) is 12.0 Å². The van der Waals surface area contributed by atoms with Gasteiger partial charge in [0, 0.05) is 12.1 Å². The van der Waals surface area contributed by atoms with Crippen LogP contribution < -0.4 is 5.32 Å². The first-order valence-electron chi connectivity index (χ1n) is 6.72. The minimum absolute atomic E-state index is 0.179. The van der Waals surface area contributed by atoms with Crippen LogP contribution >= 0.6 is 0 Å². The largest absolute Gasteiger partial charge is 0.348 e. The lowest BCUT2D eigenvalue weighted by atomic mass is 10.1. The molecule has 0 aliphatic carbocycles. The Hall–Kier alpha value is -2.16. The van der Waals surface area contributed by atoms with E-state index in [2.05, 4.69) is 24.4 Å². The predicted octanol–water partition coefficient (Wildman–Crippen LogP) is 3.63. The molecule has 0 fully saturated rings. The molecule has 3 heteroatoms. The van der Waals surface area contributed by atoms with Crippen molar-refractivity contribution in [3.05, 3.63) is 70.5 Å². The Kier molecular flexibility index (Phi) is 4.51. The number of rotatable bonds is 4. The first-order chi connectivity index (χ1) is 9.60. The van der Waals surface area contributed by atoms with Crippen molar-refractivity contribution in [1.82, 2.24) is 5.32 Å². The van der Waals surface area contributed by atoms with Crippen molar-refractivity contribution in [1.29, 1.82) is 0 Å². The predicted molar refractivity (Wildman–Crippen MR) is 78.1 cm³/mol. The van der Waals surface area contributed by atoms with Gasteiger partial charge in [-0.2, -0.15) is 0 Å². The van der Waals surface area contributed by atoms with Gasteiger partial charge in [0.2, 0.25) is 0 Å². The Balaban J connectivity index is 2.00. The Bertz CT molecular complexity index is 605. The van der Waals surface area contributed by atoms with Crippen molar-refractivity contribution in [2.45, 2.75) is 26.8 Å². The summed E-state index contributed by atoms with van der Waals surface area (Å²) in [6, 6.07) is 12.3. The third kappa shape index (κ3) is 3.44. The van der Waals surface area contributed by atoms with Gasteiger partial charge in [0.1, 0.15) is 5.82 Å². The van der Waals surface area contributed by atoms with Crippen LogP contribution in [-0.4, -0.2) is 5.91 Å². The zero-order valence-corrected chi connectivity index (χ0v) is 11.7. The molecule has 0 aliphatic rings. The molecule has 20 heavy (non-hydrogen) atoms. The van der Waals surface area contributed by atoms with E-state index >= 15 is 0 Å². The summed E-state index contributed by atoms with van der Waals surface area (Å²) in [5.74, 6) is -0.503. The van der Waals surface area contributed by atoms with Gasteiger partial charge in [-0.25, -0.2) is 4.39 Å². The van der Waals surface area contributed by atoms with Gasteiger partial charge in [0.25, 0.3) is 5.91 Å². The maximum atomic E-state index is 13.0. The van der Waals surface area contributed by atoms with Gasteiger partial charge in [-0.15, -0.1) is 0 Å². The van der Waals surface area contributed by atoms with Crippen molar-refractivity contribution in [3.8, 4) is 0 Å². The summed E-state index contributed by atoms with van der Waals surface area (Å²) in [6.07, 6.45) is 1.00. The molecule has 0 spiro atoms. The molecule has 0 saturated heterocycles. The lowest BCUT2D eigenvalue weighted by Gasteiger charge is -2.08. The topological polar surface area (TPSA) is 29.1 Å². The Labute approximate surface area is 118 Å². The summed E-state index contributed by atoms with van der Waals surface area (Å²) in [5.41, 5.74) is 3.48. The first-order valence-corrected chi connectivity index (χ1v) is 6.72. The normalized spacial score (nSPS) is 10.3. The first kappa shape index (κ1) is 14.3. The Morgan fingerprint density at radius 2 is 1.75 bits per heavy atom. The molecule has 0 bridgehead atoms. The van der Waals surface area contributed by atoms with Crippen LogP contribution in [0.5, 0.6) is 0 Å². The molecule has 1 N–H and O–H groups in total. The highest BCUT2D eigenvalue weighted by Gasteiger charge is 2.09. The van der Waals surface area contributed by atoms with Crippen molar-refractivity contribution in [2.24, 2.45) is 0 Å². The number of carbonyl (C=O) groups is 1. The maximum Gasteiger partial charge on any atom is 0.251 e. The molecule has 0 heterocycles. The monoisotopic (exact) mass is 271 g/mol. The number of carbonyl (C=O) groups excluding carboxylic acids is 1. The highest BCUT2D eigenvalue weighted by atomic mass is 19.1. The molecule has 0 aromatic heterocycles. The van der Waals surface area contributed by atoms with E-state index < -0.39 is 0 Å². The van der Waals surface area contributed by atoms with Crippen LogP contribution in [0.2, 0.25) is 0 Å². The lowest BCUT2D eigenvalue weighted by molar-refractivity contribution is 0.0950. The van der Waals surface area contributed by atoms with Gasteiger partial charge >= 0.3 is 0 Å². The minimum atomic E-state index is -0.325. The zero-order chi connectivity index (χ0) is 14.5. The molecule has 2 rings (SSSR count). The SMILES string of the molecule is CCc1ccc(CNC(=O)c2ccc(F)cc2C)cc1. The Morgan fingerprint density at radius 1 is 1.10 bits per heavy atom. The minimum Gasteiger partial charge on any atom is -0.348 e. The highest BCUT2D eigenvalue weighted by Crippen LogP contribution is 2.10. The molecule has 1 amide bonds. The molecule has 0 unspecified atom stereocenters. The molecule has 104 valence electrons. The molecule has 2 aromatic rings. The number of halogens is 1. The van der Waals surface area contributed by atoms with Crippen molar-refractivity contribution in [2.75, 3.05) is 0 Å². The molecular weight excluding hydrogens is 253 g/mol. The molecular formula is C17H18FNO. The van der Waals surface area contributed by atoms with Crippen LogP contribution in [0.15, 0.2) is 42.5 Å². The third-order valence-electron chi connectivity index (χ3n) is 3.32. The summed E-state index contributed by atoms with van der Waals surface area (Å²) in [4.78, 5) is 12.0. The second-order valence-electron chi connectivity index (χ2n) is 4.81. The smallest absolute Gasteiger partial charge is 0.251 e. The average molecular weight is 271 g/mol. The van der Waals surface area contributed by atoms with E-state index in [1.54, 1.807) is 6.92 Å². The van der Waals surface area contributed by atoms with E-state index in [0.29, 0.717) is 17.7 Å². The van der Waals surface area contributed by atoms with E-state index in [1.807, 2.05) is 12.1 Å². The molecule has 2 nitrogen and oxygen atoms in total. The fourth-order valence-electron chi connectivity index (χ4n) is 2.05. The van der Waals surface area contributed by atoms with Crippen LogP contribution in [0.4, 0.5) is 4.39 Å². The third-order valence-corrected chi connectivity index (χ3v) is 3.32. The second-order valence-corrected chi connectivity index (χ2v) is 4.81. The number of hydrogen-bond acceptors (Lipinski definition) is 1. The van der Waals surface area contributed by atoms with Crippen LogP contribution in [0, 0.1) is 12.7 Å². The van der Waals surface area contributed by atoms with Crippen LogP contribution in [0.1, 0.15) is 34.0 Å². The molecule has 2 aromatic carbocycles. The number of benzene rings is 2. The van der Waals surface area contributed by atoms with Gasteiger partial charge in [-0.3, -0.25) is 4.79 Å². The summed E-state index contributed by atoms with van der Waals surface area (Å²) < 4.78 is 13.0. The summed E-state index contributed by atoms with van der Waals surface area (Å²) >= 11 is 0. The molecule has 0 atom stereocenters. The number of hydrogen-bond donors (Lipinski definition) is 1. The number of amides is 1. The van der Waals surface area contributed by atoms with Gasteiger partial charge in [0.15, 0.2) is 0 Å². The average Bonchev–Trinajstić information content (AvgIpc) is 2.45. The standard InChI is InChI=1S/C17H18FNO/c1-3-13-4-6-14(7-5-13)11-19-17(20)16-9-8-15(18)10-12(16)2/h4-10H,3,11H2,1-2H3,(H,19,20). The van der Waals surface area contributed by atoms with Crippen molar-refractivity contribution < 1.29 is 9.18 Å². The van der Waals surface area contributed by atoms with Crippen molar-refractivity contribution >= 4 is 5.91 Å². The van der Waals surface area contributed by atoms with Crippen LogP contribution in [0.25, 0.3) is 0 Å². The van der Waals surface area contributed by atoms with E-state index in [1.165, 1.54) is 23.8 Å². The quantitative estimate of drug-likeness (QED) is 0.904.